The summed E-state index contributed by atoms with van der Waals surface area (Å²) in [7, 11) is 1.62. The zero-order chi connectivity index (χ0) is 28.3. The fraction of sp³-hybridized carbons (Fsp3) is 0.552. The number of nitrogens with zero attached hydrogens (tertiary/aromatic N) is 1. The molecule has 7 nitrogen and oxygen atoms in total. The Bertz CT molecular complexity index is 1090. The molecule has 2 aromatic carbocycles. The van der Waals surface area contributed by atoms with Gasteiger partial charge in [0, 0.05) is 11.4 Å². The number of carbonyl (C=O) groups is 1. The number of nitrogens with one attached hydrogen (secondary N) is 1. The van der Waals surface area contributed by atoms with E-state index in [1.807, 2.05) is 58.0 Å². The van der Waals surface area contributed by atoms with Crippen LogP contribution < -0.4 is 9.46 Å². The van der Waals surface area contributed by atoms with Gasteiger partial charge in [-0.05, 0) is 82.9 Å². The first-order valence-electron chi connectivity index (χ1n) is 12.8. The molecule has 0 bridgehead atoms. The predicted molar refractivity (Wildman–Crippen MR) is 148 cm³/mol. The van der Waals surface area contributed by atoms with Gasteiger partial charge in [-0.3, -0.25) is 0 Å². The number of amides is 1. The molecule has 38 heavy (non-hydrogen) atoms. The van der Waals surface area contributed by atoms with Crippen LogP contribution in [-0.4, -0.2) is 46.1 Å². The number of methoxy groups -OCH3 is 1. The monoisotopic (exact) mass is 548 g/mol. The lowest BCUT2D eigenvalue weighted by Gasteiger charge is -2.45. The number of hydrogen-bond acceptors (Lipinski definition) is 6. The summed E-state index contributed by atoms with van der Waals surface area (Å²) in [4.78, 5) is 13.8. The minimum absolute atomic E-state index is 0.0900. The minimum atomic E-state index is -1.71. The Morgan fingerprint density at radius 3 is 2.24 bits per heavy atom. The van der Waals surface area contributed by atoms with Crippen molar-refractivity contribution in [3.05, 3.63) is 64.7 Å². The van der Waals surface area contributed by atoms with E-state index in [2.05, 4.69) is 4.72 Å². The Balaban J connectivity index is 1.78. The van der Waals surface area contributed by atoms with E-state index in [0.717, 1.165) is 22.4 Å². The van der Waals surface area contributed by atoms with E-state index in [1.165, 1.54) is 4.90 Å². The van der Waals surface area contributed by atoms with Gasteiger partial charge in [0.05, 0.1) is 39.5 Å². The average molecular weight is 549 g/mol. The summed E-state index contributed by atoms with van der Waals surface area (Å²) in [5.41, 5.74) is 0.703. The molecule has 2 unspecified atom stereocenters. The van der Waals surface area contributed by atoms with Crippen LogP contribution in [0.2, 0.25) is 0 Å². The molecule has 3 rings (SSSR count). The Labute approximate surface area is 229 Å². The number of rotatable bonds is 9. The average Bonchev–Trinajstić information content (AvgIpc) is 2.80. The summed E-state index contributed by atoms with van der Waals surface area (Å²) in [6, 6.07) is 12.9. The van der Waals surface area contributed by atoms with E-state index in [9.17, 15) is 9.35 Å². The molecule has 1 aliphatic rings. The van der Waals surface area contributed by atoms with Gasteiger partial charge in [-0.2, -0.15) is 0 Å². The fourth-order valence-electron chi connectivity index (χ4n) is 3.92. The van der Waals surface area contributed by atoms with Crippen LogP contribution in [0.1, 0.15) is 76.8 Å². The van der Waals surface area contributed by atoms with Crippen molar-refractivity contribution >= 4 is 17.5 Å². The van der Waals surface area contributed by atoms with Crippen molar-refractivity contribution in [1.29, 1.82) is 0 Å². The third-order valence-electron chi connectivity index (χ3n) is 6.10. The molecule has 2 atom stereocenters. The summed E-state index contributed by atoms with van der Waals surface area (Å²) < 4.78 is 48.0. The zero-order valence-corrected chi connectivity index (χ0v) is 24.5. The van der Waals surface area contributed by atoms with Crippen LogP contribution in [0, 0.1) is 0 Å². The van der Waals surface area contributed by atoms with Gasteiger partial charge in [-0.25, -0.2) is 9.18 Å². The molecule has 1 amide bonds. The predicted octanol–water partition coefficient (Wildman–Crippen LogP) is 5.94. The second kappa shape index (κ2) is 11.8. The Morgan fingerprint density at radius 1 is 1.08 bits per heavy atom. The number of halogens is 1. The third-order valence-corrected chi connectivity index (χ3v) is 7.78. The number of carbonyl (C=O) groups excluding carboxylic acids is 1. The molecule has 9 heteroatoms. The molecule has 1 saturated heterocycles. The fourth-order valence-corrected chi connectivity index (χ4v) is 4.73. The van der Waals surface area contributed by atoms with Crippen LogP contribution in [-0.2, 0) is 39.7 Å². The minimum Gasteiger partial charge on any atom is -0.598 e. The molecular weight excluding hydrogens is 507 g/mol. The van der Waals surface area contributed by atoms with E-state index in [1.54, 1.807) is 40.0 Å². The smallest absolute Gasteiger partial charge is 0.410 e. The normalized spacial score (nSPS) is 16.9. The van der Waals surface area contributed by atoms with E-state index < -0.39 is 33.5 Å². The SMILES string of the molecule is COc1ccc(COCc2cc(C(C)N[S+]([O-])C(C)(C)C)cc(C3(F)CN(C(=O)OC(C)(C)C)C3)c2)cc1. The van der Waals surface area contributed by atoms with Gasteiger partial charge in [-0.1, -0.05) is 30.3 Å². The number of hydrogen-bond donors (Lipinski definition) is 1. The Morgan fingerprint density at radius 2 is 1.68 bits per heavy atom. The van der Waals surface area contributed by atoms with Crippen molar-refractivity contribution in [3.8, 4) is 5.75 Å². The maximum atomic E-state index is 16.0. The van der Waals surface area contributed by atoms with Crippen molar-refractivity contribution in [2.45, 2.75) is 83.7 Å². The lowest BCUT2D eigenvalue weighted by molar-refractivity contribution is -0.0538. The van der Waals surface area contributed by atoms with Gasteiger partial charge < -0.3 is 23.7 Å². The summed E-state index contributed by atoms with van der Waals surface area (Å²) in [6.07, 6.45) is -0.527. The summed E-state index contributed by atoms with van der Waals surface area (Å²) in [5, 5.41) is 0. The first-order chi connectivity index (χ1) is 17.6. The molecule has 2 aromatic rings. The molecule has 0 aliphatic carbocycles. The molecule has 1 N–H and O–H groups in total. The van der Waals surface area contributed by atoms with Gasteiger partial charge in [0.2, 0.25) is 0 Å². The highest BCUT2D eigenvalue weighted by Gasteiger charge is 2.49. The number of ether oxygens (including phenoxy) is 3. The van der Waals surface area contributed by atoms with E-state index in [0.29, 0.717) is 12.2 Å². The molecule has 0 saturated carbocycles. The van der Waals surface area contributed by atoms with Crippen molar-refractivity contribution in [2.75, 3.05) is 20.2 Å². The quantitative estimate of drug-likeness (QED) is 0.391. The van der Waals surface area contributed by atoms with E-state index >= 15 is 4.39 Å². The van der Waals surface area contributed by atoms with Crippen molar-refractivity contribution < 1.29 is 27.9 Å². The summed E-state index contributed by atoms with van der Waals surface area (Å²) in [6.45, 7) is 13.4. The molecule has 210 valence electrons. The van der Waals surface area contributed by atoms with Gasteiger partial charge >= 0.3 is 6.09 Å². The second-order valence-electron chi connectivity index (χ2n) is 11.8. The Hall–Kier alpha value is -2.33. The van der Waals surface area contributed by atoms with Crippen LogP contribution in [0.4, 0.5) is 9.18 Å². The molecular formula is C29H41FN2O5S. The van der Waals surface area contributed by atoms with Crippen molar-refractivity contribution in [1.82, 2.24) is 9.62 Å². The van der Waals surface area contributed by atoms with Crippen LogP contribution >= 0.6 is 0 Å². The second-order valence-corrected chi connectivity index (χ2v) is 13.8. The largest absolute Gasteiger partial charge is 0.598 e. The lowest BCUT2D eigenvalue weighted by Crippen LogP contribution is -2.59. The Kier molecular flexibility index (Phi) is 9.40. The first kappa shape index (κ1) is 30.2. The van der Waals surface area contributed by atoms with Gasteiger partial charge in [0.15, 0.2) is 5.67 Å². The highest BCUT2D eigenvalue weighted by atomic mass is 32.2. The van der Waals surface area contributed by atoms with Crippen LogP contribution in [0.15, 0.2) is 42.5 Å². The van der Waals surface area contributed by atoms with E-state index in [-0.39, 0.29) is 25.7 Å². The molecule has 0 aromatic heterocycles. The topological polar surface area (TPSA) is 83.1 Å². The van der Waals surface area contributed by atoms with Crippen LogP contribution in [0.3, 0.4) is 0 Å². The maximum absolute atomic E-state index is 16.0. The number of benzene rings is 2. The molecule has 0 radical (unpaired) electrons. The molecule has 0 spiro atoms. The van der Waals surface area contributed by atoms with Crippen molar-refractivity contribution in [3.63, 3.8) is 0 Å². The van der Waals surface area contributed by atoms with Gasteiger partial charge in [-0.15, -0.1) is 4.72 Å². The molecule has 1 heterocycles. The summed E-state index contributed by atoms with van der Waals surface area (Å²) >= 11 is -1.30. The standard InChI is InChI=1S/C29H41FN2O5S/c1-20(31-38(34)28(5,6)7)23-13-22(17-36-16-21-9-11-25(35-8)12-10-21)14-24(15-23)29(30)18-32(19-29)26(33)37-27(2,3)4/h9-15,20,31H,16-19H2,1-8H3. The summed E-state index contributed by atoms with van der Waals surface area (Å²) in [5.74, 6) is 0.773. The van der Waals surface area contributed by atoms with Gasteiger partial charge in [0.1, 0.15) is 16.1 Å². The highest BCUT2D eigenvalue weighted by molar-refractivity contribution is 7.90. The zero-order valence-electron chi connectivity index (χ0n) is 23.7. The molecule has 1 aliphatic heterocycles. The maximum Gasteiger partial charge on any atom is 0.410 e. The highest BCUT2D eigenvalue weighted by Crippen LogP contribution is 2.39. The lowest BCUT2D eigenvalue weighted by atomic mass is 9.85. The first-order valence-corrected chi connectivity index (χ1v) is 13.9. The van der Waals surface area contributed by atoms with E-state index in [4.69, 9.17) is 14.2 Å². The third kappa shape index (κ3) is 8.09. The number of likely N-dealkylation sites (tertiary alicyclic amines) is 1. The molecule has 1 fully saturated rings. The number of alkyl halides is 1. The van der Waals surface area contributed by atoms with Crippen molar-refractivity contribution in [2.24, 2.45) is 0 Å². The van der Waals surface area contributed by atoms with Gasteiger partial charge in [0.25, 0.3) is 0 Å². The van der Waals surface area contributed by atoms with Crippen LogP contribution in [0.25, 0.3) is 0 Å². The van der Waals surface area contributed by atoms with Crippen LogP contribution in [0.5, 0.6) is 5.75 Å².